The van der Waals surface area contributed by atoms with Gasteiger partial charge in [-0.15, -0.1) is 0 Å². The van der Waals surface area contributed by atoms with Crippen LogP contribution in [0, 0.1) is 0 Å². The second kappa shape index (κ2) is 3.64. The van der Waals surface area contributed by atoms with E-state index in [-0.39, 0.29) is 0 Å². The number of hydrogen-bond donors (Lipinski definition) is 2. The van der Waals surface area contributed by atoms with Crippen LogP contribution in [0.5, 0.6) is 0 Å². The SMILES string of the molecule is c1cc(C2COCCN2)c2cc[nH]c2n1. The standard InChI is InChI=1S/C11H13N3O/c1-3-13-11-9(2-4-14-11)8(1)10-7-15-6-5-12-10/h1-4,10,12H,5-7H2,(H,13,14). The van der Waals surface area contributed by atoms with E-state index < -0.39 is 0 Å². The first-order chi connectivity index (χ1) is 7.45. The van der Waals surface area contributed by atoms with Crippen molar-refractivity contribution < 1.29 is 4.74 Å². The number of fused-ring (bicyclic) bond motifs is 1. The third-order valence-corrected chi connectivity index (χ3v) is 2.79. The lowest BCUT2D eigenvalue weighted by molar-refractivity contribution is 0.0773. The van der Waals surface area contributed by atoms with E-state index in [0.717, 1.165) is 25.4 Å². The fourth-order valence-electron chi connectivity index (χ4n) is 2.05. The van der Waals surface area contributed by atoms with Gasteiger partial charge in [0.25, 0.3) is 0 Å². The molecule has 4 nitrogen and oxygen atoms in total. The predicted molar refractivity (Wildman–Crippen MR) is 57.7 cm³/mol. The summed E-state index contributed by atoms with van der Waals surface area (Å²) < 4.78 is 5.47. The number of rotatable bonds is 1. The van der Waals surface area contributed by atoms with Crippen molar-refractivity contribution in [1.29, 1.82) is 0 Å². The van der Waals surface area contributed by atoms with Crippen molar-refractivity contribution in [1.82, 2.24) is 15.3 Å². The summed E-state index contributed by atoms with van der Waals surface area (Å²) in [6.45, 7) is 2.46. The number of H-pyrrole nitrogens is 1. The highest BCUT2D eigenvalue weighted by molar-refractivity contribution is 5.79. The Kier molecular flexibility index (Phi) is 2.16. The van der Waals surface area contributed by atoms with Crippen molar-refractivity contribution >= 4 is 11.0 Å². The van der Waals surface area contributed by atoms with Gasteiger partial charge in [-0.2, -0.15) is 0 Å². The molecular weight excluding hydrogens is 190 g/mol. The molecule has 0 bridgehead atoms. The topological polar surface area (TPSA) is 49.9 Å². The van der Waals surface area contributed by atoms with Crippen molar-refractivity contribution in [3.05, 3.63) is 30.1 Å². The molecule has 15 heavy (non-hydrogen) atoms. The molecule has 2 aromatic heterocycles. The van der Waals surface area contributed by atoms with Crippen LogP contribution in [-0.2, 0) is 4.74 Å². The van der Waals surface area contributed by atoms with Crippen molar-refractivity contribution in [3.63, 3.8) is 0 Å². The van der Waals surface area contributed by atoms with Gasteiger partial charge >= 0.3 is 0 Å². The van der Waals surface area contributed by atoms with Gasteiger partial charge in [-0.25, -0.2) is 4.98 Å². The minimum absolute atomic E-state index is 0.292. The zero-order valence-corrected chi connectivity index (χ0v) is 8.36. The molecule has 4 heteroatoms. The van der Waals surface area contributed by atoms with Crippen molar-refractivity contribution in [2.75, 3.05) is 19.8 Å². The molecule has 1 aliphatic rings. The van der Waals surface area contributed by atoms with Crippen LogP contribution < -0.4 is 5.32 Å². The molecule has 0 amide bonds. The van der Waals surface area contributed by atoms with E-state index in [4.69, 9.17) is 4.74 Å². The predicted octanol–water partition coefficient (Wildman–Crippen LogP) is 1.22. The summed E-state index contributed by atoms with van der Waals surface area (Å²) in [6.07, 6.45) is 3.76. The van der Waals surface area contributed by atoms with Crippen molar-refractivity contribution in [3.8, 4) is 0 Å². The molecule has 0 spiro atoms. The Morgan fingerprint density at radius 1 is 1.40 bits per heavy atom. The summed E-state index contributed by atoms with van der Waals surface area (Å²) in [7, 11) is 0. The summed E-state index contributed by atoms with van der Waals surface area (Å²) in [5.41, 5.74) is 2.21. The Balaban J connectivity index is 2.05. The van der Waals surface area contributed by atoms with Gasteiger partial charge in [0.05, 0.1) is 19.3 Å². The zero-order chi connectivity index (χ0) is 10.1. The molecule has 0 saturated carbocycles. The minimum atomic E-state index is 0.292. The molecule has 1 saturated heterocycles. The van der Waals surface area contributed by atoms with Crippen LogP contribution in [0.15, 0.2) is 24.5 Å². The number of hydrogen-bond acceptors (Lipinski definition) is 3. The Hall–Kier alpha value is -1.39. The van der Waals surface area contributed by atoms with E-state index in [9.17, 15) is 0 Å². The molecule has 3 heterocycles. The smallest absolute Gasteiger partial charge is 0.137 e. The Labute approximate surface area is 87.7 Å². The number of nitrogens with one attached hydrogen (secondary N) is 2. The van der Waals surface area contributed by atoms with E-state index in [1.165, 1.54) is 10.9 Å². The maximum Gasteiger partial charge on any atom is 0.137 e. The normalized spacial score (nSPS) is 22.0. The van der Waals surface area contributed by atoms with Gasteiger partial charge in [0.1, 0.15) is 5.65 Å². The molecule has 3 rings (SSSR count). The Morgan fingerprint density at radius 2 is 2.40 bits per heavy atom. The first-order valence-electron chi connectivity index (χ1n) is 5.18. The molecule has 2 N–H and O–H groups in total. The monoisotopic (exact) mass is 203 g/mol. The number of morpholine rings is 1. The largest absolute Gasteiger partial charge is 0.378 e. The van der Waals surface area contributed by atoms with Crippen LogP contribution in [0.2, 0.25) is 0 Å². The quantitative estimate of drug-likeness (QED) is 0.732. The molecule has 1 unspecified atom stereocenters. The van der Waals surface area contributed by atoms with Crippen LogP contribution in [0.1, 0.15) is 11.6 Å². The van der Waals surface area contributed by atoms with E-state index in [1.54, 1.807) is 0 Å². The molecule has 1 atom stereocenters. The average Bonchev–Trinajstić information content (AvgIpc) is 2.78. The summed E-state index contributed by atoms with van der Waals surface area (Å²) in [5.74, 6) is 0. The number of pyridine rings is 1. The van der Waals surface area contributed by atoms with Gasteiger partial charge in [-0.3, -0.25) is 0 Å². The second-order valence-corrected chi connectivity index (χ2v) is 3.72. The molecule has 2 aromatic rings. The first kappa shape index (κ1) is 8.88. The molecule has 0 aromatic carbocycles. The lowest BCUT2D eigenvalue weighted by Gasteiger charge is -2.24. The number of nitrogens with zero attached hydrogens (tertiary/aromatic N) is 1. The number of ether oxygens (including phenoxy) is 1. The van der Waals surface area contributed by atoms with Gasteiger partial charge < -0.3 is 15.0 Å². The van der Waals surface area contributed by atoms with Crippen LogP contribution >= 0.6 is 0 Å². The van der Waals surface area contributed by atoms with E-state index in [0.29, 0.717) is 6.04 Å². The van der Waals surface area contributed by atoms with Crippen LogP contribution in [0.3, 0.4) is 0 Å². The molecule has 78 valence electrons. The molecule has 0 aliphatic carbocycles. The summed E-state index contributed by atoms with van der Waals surface area (Å²) in [6, 6.07) is 4.41. The first-order valence-corrected chi connectivity index (χ1v) is 5.18. The lowest BCUT2D eigenvalue weighted by Crippen LogP contribution is -2.34. The third kappa shape index (κ3) is 1.52. The highest BCUT2D eigenvalue weighted by Gasteiger charge is 2.17. The maximum atomic E-state index is 5.47. The van der Waals surface area contributed by atoms with Crippen LogP contribution in [-0.4, -0.2) is 29.7 Å². The fraction of sp³-hybridized carbons (Fsp3) is 0.364. The second-order valence-electron chi connectivity index (χ2n) is 3.72. The van der Waals surface area contributed by atoms with Crippen molar-refractivity contribution in [2.24, 2.45) is 0 Å². The van der Waals surface area contributed by atoms with Crippen LogP contribution in [0.4, 0.5) is 0 Å². The van der Waals surface area contributed by atoms with Gasteiger partial charge in [0.2, 0.25) is 0 Å². The summed E-state index contributed by atoms with van der Waals surface area (Å²) in [5, 5.41) is 4.63. The van der Waals surface area contributed by atoms with E-state index in [2.05, 4.69) is 27.4 Å². The molecule has 1 fully saturated rings. The number of aromatic nitrogens is 2. The highest BCUT2D eigenvalue weighted by Crippen LogP contribution is 2.23. The van der Waals surface area contributed by atoms with E-state index >= 15 is 0 Å². The lowest BCUT2D eigenvalue weighted by atomic mass is 10.1. The Morgan fingerprint density at radius 3 is 3.27 bits per heavy atom. The van der Waals surface area contributed by atoms with Gasteiger partial charge in [-0.05, 0) is 17.7 Å². The van der Waals surface area contributed by atoms with E-state index in [1.807, 2.05) is 12.4 Å². The molecular formula is C11H13N3O. The van der Waals surface area contributed by atoms with Gasteiger partial charge in [-0.1, -0.05) is 0 Å². The van der Waals surface area contributed by atoms with Crippen molar-refractivity contribution in [2.45, 2.75) is 6.04 Å². The summed E-state index contributed by atoms with van der Waals surface area (Å²) in [4.78, 5) is 7.39. The summed E-state index contributed by atoms with van der Waals surface area (Å²) >= 11 is 0. The molecule has 0 radical (unpaired) electrons. The molecule has 1 aliphatic heterocycles. The fourth-order valence-corrected chi connectivity index (χ4v) is 2.05. The zero-order valence-electron chi connectivity index (χ0n) is 8.36. The number of aromatic amines is 1. The van der Waals surface area contributed by atoms with Gasteiger partial charge in [0.15, 0.2) is 0 Å². The Bertz CT molecular complexity index is 460. The highest BCUT2D eigenvalue weighted by atomic mass is 16.5. The third-order valence-electron chi connectivity index (χ3n) is 2.79. The maximum absolute atomic E-state index is 5.47. The van der Waals surface area contributed by atoms with Gasteiger partial charge in [0, 0.05) is 24.3 Å². The average molecular weight is 203 g/mol. The van der Waals surface area contributed by atoms with Crippen LogP contribution in [0.25, 0.3) is 11.0 Å². The minimum Gasteiger partial charge on any atom is -0.378 e.